The summed E-state index contributed by atoms with van der Waals surface area (Å²) in [4.78, 5) is 13.6. The third-order valence-corrected chi connectivity index (χ3v) is 6.08. The molecule has 1 aromatic rings. The Hall–Kier alpha value is -1.27. The molecule has 3 nitrogen and oxygen atoms in total. The molecule has 1 unspecified atom stereocenters. The van der Waals surface area contributed by atoms with Gasteiger partial charge in [-0.2, -0.15) is 0 Å². The molecular formula is C16H14BrFN2OS. The number of carbonyl (C=O) groups is 1. The second kappa shape index (κ2) is 5.42. The van der Waals surface area contributed by atoms with E-state index in [1.807, 2.05) is 0 Å². The molecule has 0 bridgehead atoms. The Morgan fingerprint density at radius 3 is 2.95 bits per heavy atom. The number of hydrogen-bond donors (Lipinski definition) is 2. The first-order valence-electron chi connectivity index (χ1n) is 7.24. The SMILES string of the molecule is O=C1NCCC2=C1C(c1ccc(F)c(Br)c1)C1=C(CCS1)N2. The zero-order valence-corrected chi connectivity index (χ0v) is 14.1. The van der Waals surface area contributed by atoms with Crippen molar-refractivity contribution in [3.05, 3.63) is 55.9 Å². The number of allylic oxidation sites excluding steroid dienone is 2. The molecule has 1 aromatic carbocycles. The second-order valence-electron chi connectivity index (χ2n) is 5.57. The van der Waals surface area contributed by atoms with E-state index in [-0.39, 0.29) is 17.6 Å². The van der Waals surface area contributed by atoms with Gasteiger partial charge in [0, 0.05) is 46.5 Å². The largest absolute Gasteiger partial charge is 0.361 e. The normalized spacial score (nSPS) is 23.9. The smallest absolute Gasteiger partial charge is 0.249 e. The van der Waals surface area contributed by atoms with E-state index in [2.05, 4.69) is 26.6 Å². The molecule has 22 heavy (non-hydrogen) atoms. The summed E-state index contributed by atoms with van der Waals surface area (Å²) in [6, 6.07) is 5.04. The molecule has 1 atom stereocenters. The summed E-state index contributed by atoms with van der Waals surface area (Å²) in [5.41, 5.74) is 4.00. The number of rotatable bonds is 1. The van der Waals surface area contributed by atoms with Crippen LogP contribution in [-0.2, 0) is 4.79 Å². The van der Waals surface area contributed by atoms with Gasteiger partial charge in [-0.1, -0.05) is 6.07 Å². The lowest BCUT2D eigenvalue weighted by Gasteiger charge is -2.33. The predicted molar refractivity (Wildman–Crippen MR) is 88.7 cm³/mol. The van der Waals surface area contributed by atoms with Crippen LogP contribution in [0.3, 0.4) is 0 Å². The number of thioether (sulfide) groups is 1. The minimum atomic E-state index is -0.284. The number of carbonyl (C=O) groups excluding carboxylic acids is 1. The molecule has 3 aliphatic rings. The molecule has 4 rings (SSSR count). The highest BCUT2D eigenvalue weighted by Gasteiger charge is 2.38. The van der Waals surface area contributed by atoms with Gasteiger partial charge in [0.25, 0.3) is 0 Å². The number of amides is 1. The number of benzene rings is 1. The summed E-state index contributed by atoms with van der Waals surface area (Å²) in [6.45, 7) is 0.667. The lowest BCUT2D eigenvalue weighted by molar-refractivity contribution is -0.118. The molecule has 6 heteroatoms. The van der Waals surface area contributed by atoms with Gasteiger partial charge >= 0.3 is 0 Å². The van der Waals surface area contributed by atoms with Crippen LogP contribution in [-0.4, -0.2) is 18.2 Å². The molecule has 3 aliphatic heterocycles. The van der Waals surface area contributed by atoms with Crippen molar-refractivity contribution in [1.29, 1.82) is 0 Å². The van der Waals surface area contributed by atoms with Gasteiger partial charge in [0.15, 0.2) is 0 Å². The van der Waals surface area contributed by atoms with Crippen molar-refractivity contribution in [3.63, 3.8) is 0 Å². The van der Waals surface area contributed by atoms with Crippen molar-refractivity contribution in [1.82, 2.24) is 10.6 Å². The van der Waals surface area contributed by atoms with Gasteiger partial charge in [0.1, 0.15) is 5.82 Å². The summed E-state index contributed by atoms with van der Waals surface area (Å²) in [7, 11) is 0. The molecule has 2 N–H and O–H groups in total. The van der Waals surface area contributed by atoms with Crippen LogP contribution in [0.15, 0.2) is 44.5 Å². The van der Waals surface area contributed by atoms with Crippen LogP contribution < -0.4 is 10.6 Å². The minimum absolute atomic E-state index is 0.0155. The third kappa shape index (κ3) is 2.20. The molecule has 0 radical (unpaired) electrons. The molecule has 0 fully saturated rings. The zero-order valence-electron chi connectivity index (χ0n) is 11.7. The van der Waals surface area contributed by atoms with Crippen molar-refractivity contribution >= 4 is 33.6 Å². The highest BCUT2D eigenvalue weighted by molar-refractivity contribution is 9.10. The summed E-state index contributed by atoms with van der Waals surface area (Å²) < 4.78 is 14.0. The number of hydrogen-bond acceptors (Lipinski definition) is 3. The zero-order chi connectivity index (χ0) is 15.3. The monoisotopic (exact) mass is 380 g/mol. The topological polar surface area (TPSA) is 41.1 Å². The summed E-state index contributed by atoms with van der Waals surface area (Å²) in [6.07, 6.45) is 1.82. The standard InChI is InChI=1S/C16H14BrFN2OS/c17-9-7-8(1-2-10(9)18)13-14-11(3-5-19-16(14)21)20-12-4-6-22-15(12)13/h1-2,7,13,20H,3-6H2,(H,19,21). The van der Waals surface area contributed by atoms with E-state index in [1.165, 1.54) is 16.7 Å². The number of halogens is 2. The fourth-order valence-corrected chi connectivity index (χ4v) is 4.95. The van der Waals surface area contributed by atoms with Gasteiger partial charge in [0.05, 0.1) is 4.47 Å². The Labute approximate surface area is 140 Å². The van der Waals surface area contributed by atoms with Gasteiger partial charge in [-0.25, -0.2) is 4.39 Å². The van der Waals surface area contributed by atoms with Crippen molar-refractivity contribution in [2.45, 2.75) is 18.8 Å². The van der Waals surface area contributed by atoms with Gasteiger partial charge in [-0.05, 0) is 40.0 Å². The highest BCUT2D eigenvalue weighted by atomic mass is 79.9. The quantitative estimate of drug-likeness (QED) is 0.784. The summed E-state index contributed by atoms with van der Waals surface area (Å²) >= 11 is 5.05. The van der Waals surface area contributed by atoms with Crippen LogP contribution >= 0.6 is 27.7 Å². The van der Waals surface area contributed by atoms with E-state index in [0.29, 0.717) is 11.0 Å². The van der Waals surface area contributed by atoms with Crippen LogP contribution in [0.5, 0.6) is 0 Å². The fourth-order valence-electron chi connectivity index (χ4n) is 3.28. The predicted octanol–water partition coefficient (Wildman–Crippen LogP) is 3.40. The van der Waals surface area contributed by atoms with Crippen LogP contribution in [0.4, 0.5) is 4.39 Å². The highest BCUT2D eigenvalue weighted by Crippen LogP contribution is 2.49. The minimum Gasteiger partial charge on any atom is -0.361 e. The average molecular weight is 381 g/mol. The molecule has 0 spiro atoms. The average Bonchev–Trinajstić information content (AvgIpc) is 2.96. The van der Waals surface area contributed by atoms with E-state index >= 15 is 0 Å². The maximum atomic E-state index is 13.6. The van der Waals surface area contributed by atoms with Crippen LogP contribution in [0, 0.1) is 5.82 Å². The van der Waals surface area contributed by atoms with E-state index in [0.717, 1.165) is 35.4 Å². The molecule has 3 heterocycles. The van der Waals surface area contributed by atoms with E-state index in [9.17, 15) is 9.18 Å². The van der Waals surface area contributed by atoms with Crippen LogP contribution in [0.1, 0.15) is 24.3 Å². The van der Waals surface area contributed by atoms with Gasteiger partial charge in [-0.15, -0.1) is 11.8 Å². The first-order valence-corrected chi connectivity index (χ1v) is 9.02. The van der Waals surface area contributed by atoms with Gasteiger partial charge < -0.3 is 10.6 Å². The molecule has 0 aliphatic carbocycles. The van der Waals surface area contributed by atoms with Gasteiger partial charge in [0.2, 0.25) is 5.91 Å². The Morgan fingerprint density at radius 2 is 2.14 bits per heavy atom. The maximum Gasteiger partial charge on any atom is 0.249 e. The van der Waals surface area contributed by atoms with E-state index in [4.69, 9.17) is 0 Å². The van der Waals surface area contributed by atoms with Crippen molar-refractivity contribution in [2.24, 2.45) is 0 Å². The lowest BCUT2D eigenvalue weighted by Crippen LogP contribution is -2.39. The third-order valence-electron chi connectivity index (χ3n) is 4.27. The van der Waals surface area contributed by atoms with E-state index < -0.39 is 0 Å². The summed E-state index contributed by atoms with van der Waals surface area (Å²) in [5.74, 6) is 0.640. The Morgan fingerprint density at radius 1 is 1.27 bits per heavy atom. The van der Waals surface area contributed by atoms with E-state index in [1.54, 1.807) is 23.9 Å². The Bertz CT molecular complexity index is 744. The van der Waals surface area contributed by atoms with Crippen LogP contribution in [0.25, 0.3) is 0 Å². The summed E-state index contributed by atoms with van der Waals surface area (Å²) in [5, 5.41) is 6.40. The van der Waals surface area contributed by atoms with Crippen LogP contribution in [0.2, 0.25) is 0 Å². The lowest BCUT2D eigenvalue weighted by atomic mass is 9.83. The molecule has 0 saturated heterocycles. The maximum absolute atomic E-state index is 13.6. The van der Waals surface area contributed by atoms with Crippen molar-refractivity contribution < 1.29 is 9.18 Å². The first-order chi connectivity index (χ1) is 10.6. The van der Waals surface area contributed by atoms with Crippen molar-refractivity contribution in [2.75, 3.05) is 12.3 Å². The Kier molecular flexibility index (Phi) is 3.53. The molecule has 114 valence electrons. The van der Waals surface area contributed by atoms with Gasteiger partial charge in [-0.3, -0.25) is 4.79 Å². The fraction of sp³-hybridized carbons (Fsp3) is 0.312. The molecule has 0 saturated carbocycles. The van der Waals surface area contributed by atoms with Crippen molar-refractivity contribution in [3.8, 4) is 0 Å². The molecule has 1 amide bonds. The second-order valence-corrected chi connectivity index (χ2v) is 7.56. The molecular weight excluding hydrogens is 367 g/mol. The number of dihydropyridines is 1. The Balaban J connectivity index is 1.87. The molecule has 0 aromatic heterocycles. The number of nitrogens with one attached hydrogen (secondary N) is 2. The first kappa shape index (κ1) is 14.3.